The summed E-state index contributed by atoms with van der Waals surface area (Å²) in [6, 6.07) is 7.62. The molecule has 2 aromatic rings. The van der Waals surface area contributed by atoms with E-state index in [0.29, 0.717) is 10.4 Å². The second kappa shape index (κ2) is 4.34. The van der Waals surface area contributed by atoms with Crippen molar-refractivity contribution in [3.63, 3.8) is 0 Å². The zero-order chi connectivity index (χ0) is 12.4. The first kappa shape index (κ1) is 11.3. The van der Waals surface area contributed by atoms with Gasteiger partial charge in [-0.25, -0.2) is 4.79 Å². The molecule has 0 amide bonds. The lowest BCUT2D eigenvalue weighted by Crippen LogP contribution is -1.99. The van der Waals surface area contributed by atoms with Gasteiger partial charge in [-0.1, -0.05) is 18.2 Å². The Morgan fingerprint density at radius 2 is 2.00 bits per heavy atom. The smallest absolute Gasteiger partial charge is 0.336 e. The Morgan fingerprint density at radius 1 is 1.29 bits per heavy atom. The highest BCUT2D eigenvalue weighted by Gasteiger charge is 2.21. The molecule has 1 heterocycles. The maximum Gasteiger partial charge on any atom is 0.336 e. The molecule has 1 aromatic carbocycles. The van der Waals surface area contributed by atoms with E-state index in [2.05, 4.69) is 0 Å². The van der Waals surface area contributed by atoms with Crippen molar-refractivity contribution in [1.29, 1.82) is 0 Å². The Kier molecular flexibility index (Phi) is 2.88. The Balaban J connectivity index is 2.64. The number of nitrogens with zero attached hydrogens (tertiary/aromatic N) is 1. The highest BCUT2D eigenvalue weighted by atomic mass is 32.1. The van der Waals surface area contributed by atoms with E-state index in [1.54, 1.807) is 23.6 Å². The van der Waals surface area contributed by atoms with Gasteiger partial charge in [-0.15, -0.1) is 11.3 Å². The first-order chi connectivity index (χ1) is 8.11. The van der Waals surface area contributed by atoms with Gasteiger partial charge in [-0.05, 0) is 11.4 Å². The molecule has 0 aliphatic carbocycles. The van der Waals surface area contributed by atoms with E-state index in [9.17, 15) is 14.9 Å². The molecule has 0 bridgehead atoms. The molecular formula is C11H7NO4S. The van der Waals surface area contributed by atoms with E-state index in [0.717, 1.165) is 11.3 Å². The summed E-state index contributed by atoms with van der Waals surface area (Å²) in [6.45, 7) is 0. The number of hydrogen-bond acceptors (Lipinski definition) is 4. The van der Waals surface area contributed by atoms with Gasteiger partial charge in [0.2, 0.25) is 0 Å². The highest BCUT2D eigenvalue weighted by Crippen LogP contribution is 2.36. The highest BCUT2D eigenvalue weighted by molar-refractivity contribution is 7.14. The minimum atomic E-state index is -1.09. The standard InChI is InChI=1S/C11H7NO4S/c13-11(14)8-4-2-1-3-7(8)10-9(12(15)16)5-6-17-10/h1-6H,(H,13,14). The van der Waals surface area contributed by atoms with E-state index >= 15 is 0 Å². The minimum absolute atomic E-state index is 0.0660. The Morgan fingerprint density at radius 3 is 2.65 bits per heavy atom. The second-order valence-corrected chi connectivity index (χ2v) is 4.16. The molecule has 1 aromatic heterocycles. The van der Waals surface area contributed by atoms with E-state index in [1.165, 1.54) is 12.1 Å². The Labute approximate surface area is 100 Å². The van der Waals surface area contributed by atoms with Gasteiger partial charge in [0.1, 0.15) is 4.88 Å². The van der Waals surface area contributed by atoms with Gasteiger partial charge < -0.3 is 5.11 Å². The zero-order valence-electron chi connectivity index (χ0n) is 8.49. The van der Waals surface area contributed by atoms with Gasteiger partial charge in [0.05, 0.1) is 10.5 Å². The third-order valence-corrected chi connectivity index (χ3v) is 3.18. The van der Waals surface area contributed by atoms with Crippen molar-refractivity contribution in [3.8, 4) is 10.4 Å². The monoisotopic (exact) mass is 249 g/mol. The van der Waals surface area contributed by atoms with Gasteiger partial charge in [-0.3, -0.25) is 10.1 Å². The predicted molar refractivity (Wildman–Crippen MR) is 63.4 cm³/mol. The zero-order valence-corrected chi connectivity index (χ0v) is 9.31. The molecule has 0 atom stereocenters. The van der Waals surface area contributed by atoms with Crippen LogP contribution in [-0.2, 0) is 0 Å². The molecule has 86 valence electrons. The van der Waals surface area contributed by atoms with Crippen LogP contribution >= 0.6 is 11.3 Å². The van der Waals surface area contributed by atoms with Crippen molar-refractivity contribution >= 4 is 23.0 Å². The lowest BCUT2D eigenvalue weighted by atomic mass is 10.1. The molecule has 1 N–H and O–H groups in total. The second-order valence-electron chi connectivity index (χ2n) is 3.24. The van der Waals surface area contributed by atoms with Crippen LogP contribution in [0.4, 0.5) is 5.69 Å². The van der Waals surface area contributed by atoms with Gasteiger partial charge in [0.15, 0.2) is 0 Å². The van der Waals surface area contributed by atoms with Crippen molar-refractivity contribution in [2.24, 2.45) is 0 Å². The molecular weight excluding hydrogens is 242 g/mol. The third-order valence-electron chi connectivity index (χ3n) is 2.24. The Bertz CT molecular complexity index is 591. The number of nitro groups is 1. The molecule has 5 nitrogen and oxygen atoms in total. The van der Waals surface area contributed by atoms with Crippen LogP contribution in [-0.4, -0.2) is 16.0 Å². The average Bonchev–Trinajstić information content (AvgIpc) is 2.77. The maximum absolute atomic E-state index is 11.0. The topological polar surface area (TPSA) is 80.4 Å². The van der Waals surface area contributed by atoms with Gasteiger partial charge in [-0.2, -0.15) is 0 Å². The number of benzene rings is 1. The summed E-state index contributed by atoms with van der Waals surface area (Å²) >= 11 is 1.16. The number of carbonyl (C=O) groups is 1. The van der Waals surface area contributed by atoms with Gasteiger partial charge in [0, 0.05) is 11.6 Å². The fraction of sp³-hybridized carbons (Fsp3) is 0. The van der Waals surface area contributed by atoms with E-state index in [4.69, 9.17) is 5.11 Å². The summed E-state index contributed by atoms with van der Waals surface area (Å²) < 4.78 is 0. The summed E-state index contributed by atoms with van der Waals surface area (Å²) in [4.78, 5) is 21.7. The van der Waals surface area contributed by atoms with Crippen LogP contribution in [0.1, 0.15) is 10.4 Å². The summed E-state index contributed by atoms with van der Waals surface area (Å²) in [5.41, 5.74) is 0.378. The lowest BCUT2D eigenvalue weighted by Gasteiger charge is -2.02. The van der Waals surface area contributed by atoms with Gasteiger partial charge in [0.25, 0.3) is 5.69 Å². The molecule has 0 aliphatic rings. The molecule has 0 spiro atoms. The number of rotatable bonds is 3. The summed E-state index contributed by atoms with van der Waals surface area (Å²) in [5, 5.41) is 21.4. The number of aromatic carboxylic acids is 1. The quantitative estimate of drug-likeness (QED) is 0.669. The fourth-order valence-electron chi connectivity index (χ4n) is 1.52. The van der Waals surface area contributed by atoms with Crippen molar-refractivity contribution in [1.82, 2.24) is 0 Å². The van der Waals surface area contributed by atoms with Crippen LogP contribution in [0.15, 0.2) is 35.7 Å². The number of carboxylic acid groups (broad SMARTS) is 1. The van der Waals surface area contributed by atoms with Crippen molar-refractivity contribution in [3.05, 3.63) is 51.4 Å². The van der Waals surface area contributed by atoms with Crippen LogP contribution in [0.3, 0.4) is 0 Å². The third kappa shape index (κ3) is 2.02. The predicted octanol–water partition coefficient (Wildman–Crippen LogP) is 3.02. The first-order valence-corrected chi connectivity index (χ1v) is 5.54. The molecule has 6 heteroatoms. The molecule has 17 heavy (non-hydrogen) atoms. The molecule has 0 saturated heterocycles. The van der Waals surface area contributed by atoms with Crippen molar-refractivity contribution in [2.45, 2.75) is 0 Å². The SMILES string of the molecule is O=C(O)c1ccccc1-c1sccc1[N+](=O)[O-]. The molecule has 0 aliphatic heterocycles. The summed E-state index contributed by atoms with van der Waals surface area (Å²) in [7, 11) is 0. The van der Waals surface area contributed by atoms with E-state index < -0.39 is 10.9 Å². The largest absolute Gasteiger partial charge is 0.478 e. The van der Waals surface area contributed by atoms with Gasteiger partial charge >= 0.3 is 5.97 Å². The molecule has 0 unspecified atom stereocenters. The van der Waals surface area contributed by atoms with Crippen LogP contribution < -0.4 is 0 Å². The molecule has 0 radical (unpaired) electrons. The summed E-state index contributed by atoms with van der Waals surface area (Å²) in [6.07, 6.45) is 0. The minimum Gasteiger partial charge on any atom is -0.478 e. The van der Waals surface area contributed by atoms with Crippen LogP contribution in [0.2, 0.25) is 0 Å². The normalized spacial score (nSPS) is 10.1. The lowest BCUT2D eigenvalue weighted by molar-refractivity contribution is -0.383. The average molecular weight is 249 g/mol. The molecule has 0 saturated carbocycles. The Hall–Kier alpha value is -2.21. The first-order valence-electron chi connectivity index (χ1n) is 4.66. The van der Waals surface area contributed by atoms with Crippen LogP contribution in [0.25, 0.3) is 10.4 Å². The van der Waals surface area contributed by atoms with Crippen LogP contribution in [0, 0.1) is 10.1 Å². The molecule has 0 fully saturated rings. The van der Waals surface area contributed by atoms with Crippen LogP contribution in [0.5, 0.6) is 0 Å². The maximum atomic E-state index is 11.0. The number of hydrogen-bond donors (Lipinski definition) is 1. The van der Waals surface area contributed by atoms with E-state index in [-0.39, 0.29) is 11.3 Å². The van der Waals surface area contributed by atoms with Crippen molar-refractivity contribution in [2.75, 3.05) is 0 Å². The fourth-order valence-corrected chi connectivity index (χ4v) is 2.42. The molecule has 2 rings (SSSR count). The summed E-state index contributed by atoms with van der Waals surface area (Å²) in [5.74, 6) is -1.09. The van der Waals surface area contributed by atoms with E-state index in [1.807, 2.05) is 0 Å². The number of thiophene rings is 1. The number of carboxylic acids is 1. The van der Waals surface area contributed by atoms with Crippen molar-refractivity contribution < 1.29 is 14.8 Å².